The molecular weight excluding hydrogens is 401 g/mol. The first-order chi connectivity index (χ1) is 12.9. The molecule has 0 spiro atoms. The second-order valence-electron chi connectivity index (χ2n) is 6.86. The molecular formula is C20H19Cl2N3OS. The zero-order valence-corrected chi connectivity index (χ0v) is 17.5. The van der Waals surface area contributed by atoms with E-state index in [-0.39, 0.29) is 5.91 Å². The number of aryl methyl sites for hydroxylation is 2. The van der Waals surface area contributed by atoms with E-state index < -0.39 is 0 Å². The van der Waals surface area contributed by atoms with Gasteiger partial charge < -0.3 is 9.80 Å². The van der Waals surface area contributed by atoms with Gasteiger partial charge in [0.25, 0.3) is 5.91 Å². The van der Waals surface area contributed by atoms with E-state index in [9.17, 15) is 4.79 Å². The number of thiazole rings is 1. The van der Waals surface area contributed by atoms with Crippen LogP contribution in [0.25, 0.3) is 10.2 Å². The van der Waals surface area contributed by atoms with Crippen molar-refractivity contribution in [3.63, 3.8) is 0 Å². The van der Waals surface area contributed by atoms with Crippen molar-refractivity contribution >= 4 is 55.8 Å². The van der Waals surface area contributed by atoms with Crippen LogP contribution in [0.15, 0.2) is 30.3 Å². The number of amides is 1. The molecule has 1 saturated heterocycles. The van der Waals surface area contributed by atoms with Crippen LogP contribution in [-0.2, 0) is 0 Å². The van der Waals surface area contributed by atoms with Gasteiger partial charge in [-0.2, -0.15) is 0 Å². The first kappa shape index (κ1) is 18.5. The summed E-state index contributed by atoms with van der Waals surface area (Å²) >= 11 is 13.8. The molecule has 1 aromatic heterocycles. The Kier molecular flexibility index (Phi) is 5.01. The van der Waals surface area contributed by atoms with Gasteiger partial charge in [-0.05, 0) is 49.2 Å². The Hall–Kier alpha value is -1.82. The normalized spacial score (nSPS) is 14.8. The molecule has 2 heterocycles. The summed E-state index contributed by atoms with van der Waals surface area (Å²) in [6.07, 6.45) is 0. The molecule has 1 aliphatic rings. The van der Waals surface area contributed by atoms with Gasteiger partial charge in [0.15, 0.2) is 5.13 Å². The number of carbonyl (C=O) groups excluding carboxylic acids is 1. The number of rotatable bonds is 2. The monoisotopic (exact) mass is 419 g/mol. The number of aromatic nitrogens is 1. The number of fused-ring (bicyclic) bond motifs is 1. The quantitative estimate of drug-likeness (QED) is 0.573. The zero-order valence-electron chi connectivity index (χ0n) is 15.1. The number of hydrogen-bond acceptors (Lipinski definition) is 4. The molecule has 4 rings (SSSR count). The predicted octanol–water partition coefficient (Wildman–Crippen LogP) is 5.18. The van der Waals surface area contributed by atoms with Gasteiger partial charge in [-0.25, -0.2) is 4.98 Å². The zero-order chi connectivity index (χ0) is 19.1. The number of benzene rings is 2. The largest absolute Gasteiger partial charge is 0.345 e. The molecule has 1 aliphatic heterocycles. The van der Waals surface area contributed by atoms with Crippen LogP contribution in [0.1, 0.15) is 21.5 Å². The Morgan fingerprint density at radius 1 is 1.00 bits per heavy atom. The van der Waals surface area contributed by atoms with Crippen LogP contribution in [0, 0.1) is 13.8 Å². The molecule has 0 unspecified atom stereocenters. The molecule has 3 aromatic rings. The molecule has 0 aliphatic carbocycles. The summed E-state index contributed by atoms with van der Waals surface area (Å²) in [5.41, 5.74) is 4.08. The molecule has 0 N–H and O–H groups in total. The molecule has 140 valence electrons. The lowest BCUT2D eigenvalue weighted by atomic mass is 10.1. The number of nitrogens with zero attached hydrogens (tertiary/aromatic N) is 3. The fourth-order valence-electron chi connectivity index (χ4n) is 3.46. The maximum Gasteiger partial charge on any atom is 0.254 e. The third-order valence-electron chi connectivity index (χ3n) is 4.76. The van der Waals surface area contributed by atoms with Gasteiger partial charge >= 0.3 is 0 Å². The first-order valence-corrected chi connectivity index (χ1v) is 10.4. The number of hydrogen-bond donors (Lipinski definition) is 0. The number of anilines is 1. The van der Waals surface area contributed by atoms with E-state index in [1.165, 1.54) is 15.8 Å². The molecule has 7 heteroatoms. The van der Waals surface area contributed by atoms with Crippen molar-refractivity contribution in [3.8, 4) is 0 Å². The van der Waals surface area contributed by atoms with E-state index in [1.54, 1.807) is 29.5 Å². The Morgan fingerprint density at radius 3 is 2.33 bits per heavy atom. The Labute approximate surface area is 172 Å². The fourth-order valence-corrected chi connectivity index (χ4v) is 5.05. The van der Waals surface area contributed by atoms with Gasteiger partial charge in [0, 0.05) is 41.8 Å². The molecule has 27 heavy (non-hydrogen) atoms. The maximum atomic E-state index is 12.7. The third kappa shape index (κ3) is 3.77. The Balaban J connectivity index is 1.49. The molecule has 0 bridgehead atoms. The summed E-state index contributed by atoms with van der Waals surface area (Å²) in [6.45, 7) is 7.05. The third-order valence-corrected chi connectivity index (χ3v) is 6.46. The van der Waals surface area contributed by atoms with Gasteiger partial charge in [0.05, 0.1) is 10.2 Å². The van der Waals surface area contributed by atoms with Crippen LogP contribution >= 0.6 is 34.5 Å². The molecule has 4 nitrogen and oxygen atoms in total. The van der Waals surface area contributed by atoms with Crippen LogP contribution < -0.4 is 4.90 Å². The Morgan fingerprint density at radius 2 is 1.67 bits per heavy atom. The van der Waals surface area contributed by atoms with Crippen LogP contribution in [-0.4, -0.2) is 42.0 Å². The summed E-state index contributed by atoms with van der Waals surface area (Å²) < 4.78 is 1.24. The maximum absolute atomic E-state index is 12.7. The van der Waals surface area contributed by atoms with Crippen molar-refractivity contribution < 1.29 is 4.79 Å². The topological polar surface area (TPSA) is 36.4 Å². The highest BCUT2D eigenvalue weighted by Crippen LogP contribution is 2.32. The van der Waals surface area contributed by atoms with Gasteiger partial charge in [0.2, 0.25) is 0 Å². The van der Waals surface area contributed by atoms with E-state index in [0.717, 1.165) is 23.7 Å². The van der Waals surface area contributed by atoms with E-state index >= 15 is 0 Å². The number of carbonyl (C=O) groups is 1. The first-order valence-electron chi connectivity index (χ1n) is 8.79. The van der Waals surface area contributed by atoms with Crippen LogP contribution in [0.3, 0.4) is 0 Å². The second-order valence-corrected chi connectivity index (χ2v) is 8.71. The van der Waals surface area contributed by atoms with Gasteiger partial charge in [-0.15, -0.1) is 0 Å². The lowest BCUT2D eigenvalue weighted by molar-refractivity contribution is 0.0747. The smallest absolute Gasteiger partial charge is 0.254 e. The highest BCUT2D eigenvalue weighted by Gasteiger charge is 2.24. The SMILES string of the molecule is Cc1cc(C)c2sc(N3CCN(C(=O)c4cc(Cl)cc(Cl)c4)CC3)nc2c1. The van der Waals surface area contributed by atoms with E-state index in [0.29, 0.717) is 28.7 Å². The lowest BCUT2D eigenvalue weighted by Gasteiger charge is -2.34. The summed E-state index contributed by atoms with van der Waals surface area (Å²) in [5, 5.41) is 1.98. The van der Waals surface area contributed by atoms with Gasteiger partial charge in [-0.3, -0.25) is 4.79 Å². The summed E-state index contributed by atoms with van der Waals surface area (Å²) in [7, 11) is 0. The molecule has 2 aromatic carbocycles. The van der Waals surface area contributed by atoms with Crippen molar-refractivity contribution in [2.45, 2.75) is 13.8 Å². The Bertz CT molecular complexity index is 1010. The van der Waals surface area contributed by atoms with Crippen LogP contribution in [0.5, 0.6) is 0 Å². The molecule has 0 saturated carbocycles. The average molecular weight is 420 g/mol. The second kappa shape index (κ2) is 7.30. The van der Waals surface area contributed by atoms with Gasteiger partial charge in [0.1, 0.15) is 0 Å². The van der Waals surface area contributed by atoms with Crippen LogP contribution in [0.4, 0.5) is 5.13 Å². The average Bonchev–Trinajstić information content (AvgIpc) is 3.05. The molecule has 0 atom stereocenters. The van der Waals surface area contributed by atoms with E-state index in [2.05, 4.69) is 30.9 Å². The molecule has 0 radical (unpaired) electrons. The summed E-state index contributed by atoms with van der Waals surface area (Å²) in [5.74, 6) is -0.0326. The van der Waals surface area contributed by atoms with Crippen molar-refractivity contribution in [2.75, 3.05) is 31.1 Å². The van der Waals surface area contributed by atoms with Crippen molar-refractivity contribution in [1.29, 1.82) is 0 Å². The standard InChI is InChI=1S/C20H19Cl2N3OS/c1-12-7-13(2)18-17(8-12)23-20(27-18)25-5-3-24(4-6-25)19(26)14-9-15(21)11-16(22)10-14/h7-11H,3-6H2,1-2H3. The fraction of sp³-hybridized carbons (Fsp3) is 0.300. The minimum Gasteiger partial charge on any atom is -0.345 e. The minimum absolute atomic E-state index is 0.0326. The van der Waals surface area contributed by atoms with E-state index in [4.69, 9.17) is 28.2 Å². The minimum atomic E-state index is -0.0326. The van der Waals surface area contributed by atoms with Gasteiger partial charge in [-0.1, -0.05) is 40.6 Å². The van der Waals surface area contributed by atoms with Crippen molar-refractivity contribution in [2.24, 2.45) is 0 Å². The lowest BCUT2D eigenvalue weighted by Crippen LogP contribution is -2.48. The van der Waals surface area contributed by atoms with Crippen LogP contribution in [0.2, 0.25) is 10.0 Å². The molecule has 1 amide bonds. The van der Waals surface area contributed by atoms with Crippen molar-refractivity contribution in [1.82, 2.24) is 9.88 Å². The predicted molar refractivity (Wildman–Crippen MR) is 114 cm³/mol. The number of piperazine rings is 1. The van der Waals surface area contributed by atoms with Crippen molar-refractivity contribution in [3.05, 3.63) is 57.1 Å². The molecule has 1 fully saturated rings. The highest BCUT2D eigenvalue weighted by atomic mass is 35.5. The summed E-state index contributed by atoms with van der Waals surface area (Å²) in [6, 6.07) is 9.29. The van der Waals surface area contributed by atoms with E-state index in [1.807, 2.05) is 4.90 Å². The number of halogens is 2. The summed E-state index contributed by atoms with van der Waals surface area (Å²) in [4.78, 5) is 21.7. The highest BCUT2D eigenvalue weighted by molar-refractivity contribution is 7.22.